The van der Waals surface area contributed by atoms with E-state index in [-0.39, 0.29) is 0 Å². The van der Waals surface area contributed by atoms with Crippen molar-refractivity contribution < 1.29 is 5.11 Å². The minimum Gasteiger partial charge on any atom is -0.508 e. The molecule has 21 heavy (non-hydrogen) atoms. The van der Waals surface area contributed by atoms with E-state index in [2.05, 4.69) is 25.1 Å². The molecule has 1 heteroatoms. The van der Waals surface area contributed by atoms with Crippen molar-refractivity contribution in [3.8, 4) is 5.75 Å². The Hall–Kier alpha value is -1.50. The second-order valence-corrected chi connectivity index (χ2v) is 6.64. The summed E-state index contributed by atoms with van der Waals surface area (Å²) in [5.41, 5.74) is 3.67. The maximum Gasteiger partial charge on any atom is 0.116 e. The highest BCUT2D eigenvalue weighted by Crippen LogP contribution is 2.56. The Kier molecular flexibility index (Phi) is 3.69. The van der Waals surface area contributed by atoms with Crippen molar-refractivity contribution in [2.75, 3.05) is 0 Å². The number of benzene rings is 2. The molecule has 0 aliphatic heterocycles. The lowest BCUT2D eigenvalue weighted by atomic mass is 9.66. The van der Waals surface area contributed by atoms with Gasteiger partial charge in [-0.1, -0.05) is 45.4 Å². The molecule has 0 spiro atoms. The van der Waals surface area contributed by atoms with Crippen LogP contribution in [0.5, 0.6) is 5.75 Å². The summed E-state index contributed by atoms with van der Waals surface area (Å²) in [4.78, 5) is 0. The number of phenols is 1. The molecule has 1 N–H and O–H groups in total. The topological polar surface area (TPSA) is 20.2 Å². The molecular weight excluding hydrogens is 256 g/mol. The fraction of sp³-hybridized carbons (Fsp3) is 0.500. The zero-order valence-corrected chi connectivity index (χ0v) is 13.4. The predicted octanol–water partition coefficient (Wildman–Crippen LogP) is 5.79. The predicted molar refractivity (Wildman–Crippen MR) is 90.0 cm³/mol. The van der Waals surface area contributed by atoms with E-state index in [9.17, 15) is 5.11 Å². The minimum atomic E-state index is 0.369. The standard InChI is InChI=1S/C18H20O.C2H6/c1-18-9-2-3-17(18)16-6-4-12-11-13(19)5-7-14(12)15(16)8-10-18;1-2/h4-7,11,17,19H,2-3,8-10H2,1H3;1-2H3. The molecule has 0 bridgehead atoms. The molecule has 2 unspecified atom stereocenters. The lowest BCUT2D eigenvalue weighted by Crippen LogP contribution is -2.26. The van der Waals surface area contributed by atoms with Gasteiger partial charge in [-0.2, -0.15) is 0 Å². The van der Waals surface area contributed by atoms with Gasteiger partial charge in [0.1, 0.15) is 5.75 Å². The molecule has 1 saturated carbocycles. The first-order valence-electron chi connectivity index (χ1n) is 8.42. The van der Waals surface area contributed by atoms with Crippen LogP contribution < -0.4 is 0 Å². The van der Waals surface area contributed by atoms with E-state index >= 15 is 0 Å². The summed E-state index contributed by atoms with van der Waals surface area (Å²) >= 11 is 0. The highest BCUT2D eigenvalue weighted by Gasteiger charge is 2.42. The number of hydrogen-bond donors (Lipinski definition) is 1. The molecular formula is C20H26O. The number of aryl methyl sites for hydroxylation is 1. The van der Waals surface area contributed by atoms with Gasteiger partial charge in [-0.3, -0.25) is 0 Å². The zero-order valence-electron chi connectivity index (χ0n) is 13.4. The van der Waals surface area contributed by atoms with Crippen molar-refractivity contribution in [2.45, 2.75) is 58.8 Å². The highest BCUT2D eigenvalue weighted by molar-refractivity contribution is 5.88. The van der Waals surface area contributed by atoms with Crippen LogP contribution in [-0.4, -0.2) is 5.11 Å². The van der Waals surface area contributed by atoms with E-state index in [1.807, 2.05) is 26.0 Å². The average Bonchev–Trinajstić information content (AvgIpc) is 2.90. The van der Waals surface area contributed by atoms with Gasteiger partial charge in [0.05, 0.1) is 0 Å². The lowest BCUT2D eigenvalue weighted by molar-refractivity contribution is 0.253. The van der Waals surface area contributed by atoms with E-state index in [1.54, 1.807) is 11.1 Å². The van der Waals surface area contributed by atoms with E-state index in [1.165, 1.54) is 42.9 Å². The SMILES string of the molecule is CC.CC12CCCC1c1ccc3cc(O)ccc3c1CC2. The number of fused-ring (bicyclic) bond motifs is 5. The summed E-state index contributed by atoms with van der Waals surface area (Å²) in [6, 6.07) is 10.3. The van der Waals surface area contributed by atoms with Crippen molar-refractivity contribution in [1.29, 1.82) is 0 Å². The molecule has 4 rings (SSSR count). The average molecular weight is 282 g/mol. The fourth-order valence-electron chi connectivity index (χ4n) is 4.48. The first-order chi connectivity index (χ1) is 10.2. The molecule has 0 heterocycles. The largest absolute Gasteiger partial charge is 0.508 e. The number of aromatic hydroxyl groups is 1. The summed E-state index contributed by atoms with van der Waals surface area (Å²) in [5, 5.41) is 12.2. The third kappa shape index (κ3) is 2.23. The third-order valence-corrected chi connectivity index (χ3v) is 5.55. The first-order valence-corrected chi connectivity index (χ1v) is 8.42. The molecule has 0 radical (unpaired) electrons. The van der Waals surface area contributed by atoms with Gasteiger partial charge >= 0.3 is 0 Å². The molecule has 0 amide bonds. The Morgan fingerprint density at radius 3 is 2.71 bits per heavy atom. The Morgan fingerprint density at radius 2 is 1.90 bits per heavy atom. The lowest BCUT2D eigenvalue weighted by Gasteiger charge is -2.38. The van der Waals surface area contributed by atoms with Gasteiger partial charge in [-0.15, -0.1) is 0 Å². The van der Waals surface area contributed by atoms with Crippen LogP contribution in [0.15, 0.2) is 30.3 Å². The van der Waals surface area contributed by atoms with E-state index in [0.29, 0.717) is 11.2 Å². The van der Waals surface area contributed by atoms with Gasteiger partial charge in [-0.25, -0.2) is 0 Å². The summed E-state index contributed by atoms with van der Waals surface area (Å²) < 4.78 is 0. The Balaban J connectivity index is 0.000000636. The molecule has 0 aromatic heterocycles. The van der Waals surface area contributed by atoms with Crippen LogP contribution in [0.2, 0.25) is 0 Å². The summed E-state index contributed by atoms with van der Waals surface area (Å²) in [5.74, 6) is 1.13. The van der Waals surface area contributed by atoms with Crippen molar-refractivity contribution in [3.05, 3.63) is 41.5 Å². The van der Waals surface area contributed by atoms with Crippen LogP contribution in [0.25, 0.3) is 10.8 Å². The van der Waals surface area contributed by atoms with Gasteiger partial charge < -0.3 is 5.11 Å². The molecule has 2 aromatic carbocycles. The second-order valence-electron chi connectivity index (χ2n) is 6.64. The van der Waals surface area contributed by atoms with Crippen molar-refractivity contribution in [2.24, 2.45) is 5.41 Å². The van der Waals surface area contributed by atoms with E-state index < -0.39 is 0 Å². The number of rotatable bonds is 0. The molecule has 2 aromatic rings. The van der Waals surface area contributed by atoms with Crippen LogP contribution in [0.3, 0.4) is 0 Å². The normalized spacial score (nSPS) is 26.7. The zero-order chi connectivity index (χ0) is 15.0. The van der Waals surface area contributed by atoms with Crippen LogP contribution in [0.1, 0.15) is 63.5 Å². The maximum atomic E-state index is 9.63. The minimum absolute atomic E-state index is 0.369. The number of hydrogen-bond acceptors (Lipinski definition) is 1. The molecule has 112 valence electrons. The van der Waals surface area contributed by atoms with Gasteiger partial charge in [-0.05, 0) is 71.0 Å². The fourth-order valence-corrected chi connectivity index (χ4v) is 4.48. The molecule has 1 nitrogen and oxygen atoms in total. The van der Waals surface area contributed by atoms with Crippen LogP contribution >= 0.6 is 0 Å². The first kappa shape index (κ1) is 14.4. The molecule has 2 atom stereocenters. The quantitative estimate of drug-likeness (QED) is 0.648. The Labute approximate surface area is 128 Å². The van der Waals surface area contributed by atoms with E-state index in [4.69, 9.17) is 0 Å². The molecule has 2 aliphatic carbocycles. The van der Waals surface area contributed by atoms with Gasteiger partial charge in [0.25, 0.3) is 0 Å². The van der Waals surface area contributed by atoms with Crippen molar-refractivity contribution >= 4 is 10.8 Å². The van der Waals surface area contributed by atoms with Crippen LogP contribution in [0.4, 0.5) is 0 Å². The summed E-state index contributed by atoms with van der Waals surface area (Å²) in [7, 11) is 0. The molecule has 0 saturated heterocycles. The van der Waals surface area contributed by atoms with Crippen LogP contribution in [0, 0.1) is 5.41 Å². The molecule has 1 fully saturated rings. The van der Waals surface area contributed by atoms with Gasteiger partial charge in [0.15, 0.2) is 0 Å². The van der Waals surface area contributed by atoms with Gasteiger partial charge in [0.2, 0.25) is 0 Å². The Morgan fingerprint density at radius 1 is 1.10 bits per heavy atom. The monoisotopic (exact) mass is 282 g/mol. The molecule has 2 aliphatic rings. The maximum absolute atomic E-state index is 9.63. The Bertz CT molecular complexity index is 658. The summed E-state index contributed by atoms with van der Waals surface area (Å²) in [6.45, 7) is 6.48. The van der Waals surface area contributed by atoms with Crippen molar-refractivity contribution in [1.82, 2.24) is 0 Å². The smallest absolute Gasteiger partial charge is 0.116 e. The van der Waals surface area contributed by atoms with E-state index in [0.717, 1.165) is 5.92 Å². The summed E-state index contributed by atoms with van der Waals surface area (Å²) in [6.07, 6.45) is 6.65. The second kappa shape index (κ2) is 5.36. The number of phenolic OH excluding ortho intramolecular Hbond substituents is 1. The van der Waals surface area contributed by atoms with Gasteiger partial charge in [0, 0.05) is 0 Å². The van der Waals surface area contributed by atoms with Crippen LogP contribution in [-0.2, 0) is 6.42 Å². The van der Waals surface area contributed by atoms with Crippen molar-refractivity contribution in [3.63, 3.8) is 0 Å². The third-order valence-electron chi connectivity index (χ3n) is 5.55. The highest BCUT2D eigenvalue weighted by atomic mass is 16.3.